The van der Waals surface area contributed by atoms with Gasteiger partial charge in [0.25, 0.3) is 0 Å². The van der Waals surface area contributed by atoms with Crippen LogP contribution >= 0.6 is 0 Å². The van der Waals surface area contributed by atoms with Crippen LogP contribution in [0.1, 0.15) is 37.1 Å². The first-order chi connectivity index (χ1) is 13.8. The molecule has 6 heteroatoms. The first-order valence-corrected chi connectivity index (χ1v) is 9.72. The number of hydrogen-bond donors (Lipinski definition) is 1. The van der Waals surface area contributed by atoms with Crippen LogP contribution in [0.15, 0.2) is 48.5 Å². The van der Waals surface area contributed by atoms with Crippen molar-refractivity contribution in [2.75, 3.05) is 0 Å². The number of amides is 1. The van der Waals surface area contributed by atoms with Gasteiger partial charge in [-0.2, -0.15) is 5.10 Å². The van der Waals surface area contributed by atoms with E-state index in [4.69, 9.17) is 4.74 Å². The third-order valence-corrected chi connectivity index (χ3v) is 4.56. The maximum absolute atomic E-state index is 13.4. The molecule has 0 aliphatic rings. The van der Waals surface area contributed by atoms with Gasteiger partial charge in [0.2, 0.25) is 11.8 Å². The lowest BCUT2D eigenvalue weighted by atomic mass is 10.1. The molecule has 152 valence electrons. The summed E-state index contributed by atoms with van der Waals surface area (Å²) in [4.78, 5) is 12.2. The standard InChI is InChI=1S/C23H26FN3O2/c1-15(2)25-22(28)14-13-20-17(4)26-27(19-11-9-18(24)10-12-19)23(20)29-21-8-6-5-7-16(21)3/h5-12,15H,13-14H2,1-4H3,(H,25,28). The molecule has 0 fully saturated rings. The molecular formula is C23H26FN3O2. The number of aryl methyl sites for hydroxylation is 2. The van der Waals surface area contributed by atoms with E-state index in [-0.39, 0.29) is 17.8 Å². The fraction of sp³-hybridized carbons (Fsp3) is 0.304. The van der Waals surface area contributed by atoms with E-state index in [9.17, 15) is 9.18 Å². The van der Waals surface area contributed by atoms with Crippen molar-refractivity contribution in [2.24, 2.45) is 0 Å². The summed E-state index contributed by atoms with van der Waals surface area (Å²) >= 11 is 0. The van der Waals surface area contributed by atoms with Gasteiger partial charge in [-0.3, -0.25) is 4.79 Å². The topological polar surface area (TPSA) is 56.1 Å². The number of nitrogens with zero attached hydrogens (tertiary/aromatic N) is 2. The summed E-state index contributed by atoms with van der Waals surface area (Å²) in [7, 11) is 0. The van der Waals surface area contributed by atoms with E-state index in [1.165, 1.54) is 12.1 Å². The summed E-state index contributed by atoms with van der Waals surface area (Å²) in [5, 5.41) is 7.52. The molecule has 3 aromatic rings. The molecule has 0 bridgehead atoms. The molecule has 0 aliphatic carbocycles. The largest absolute Gasteiger partial charge is 0.438 e. The highest BCUT2D eigenvalue weighted by atomic mass is 19.1. The molecule has 0 radical (unpaired) electrons. The number of hydrogen-bond acceptors (Lipinski definition) is 3. The van der Waals surface area contributed by atoms with Crippen LogP contribution in [-0.4, -0.2) is 21.7 Å². The Labute approximate surface area is 170 Å². The zero-order valence-corrected chi connectivity index (χ0v) is 17.2. The Kier molecular flexibility index (Phi) is 6.32. The Hall–Kier alpha value is -3.15. The van der Waals surface area contributed by atoms with Crippen LogP contribution in [0.3, 0.4) is 0 Å². The molecular weight excluding hydrogens is 369 g/mol. The van der Waals surface area contributed by atoms with Crippen LogP contribution in [-0.2, 0) is 11.2 Å². The number of ether oxygens (including phenoxy) is 1. The van der Waals surface area contributed by atoms with Crippen molar-refractivity contribution >= 4 is 5.91 Å². The SMILES string of the molecule is Cc1ccccc1Oc1c(CCC(=O)NC(C)C)c(C)nn1-c1ccc(F)cc1. The van der Waals surface area contributed by atoms with Crippen LogP contribution in [0.5, 0.6) is 11.6 Å². The summed E-state index contributed by atoms with van der Waals surface area (Å²) < 4.78 is 21.3. The van der Waals surface area contributed by atoms with Gasteiger partial charge in [0.05, 0.1) is 11.4 Å². The molecule has 1 aromatic heterocycles. The minimum atomic E-state index is -0.315. The zero-order valence-electron chi connectivity index (χ0n) is 17.2. The van der Waals surface area contributed by atoms with Gasteiger partial charge in [-0.05, 0) is 70.0 Å². The number of benzene rings is 2. The van der Waals surface area contributed by atoms with Crippen LogP contribution in [0.4, 0.5) is 4.39 Å². The normalized spacial score (nSPS) is 11.0. The van der Waals surface area contributed by atoms with E-state index in [0.717, 1.165) is 16.8 Å². The lowest BCUT2D eigenvalue weighted by Crippen LogP contribution is -2.30. The molecule has 0 saturated carbocycles. The Morgan fingerprint density at radius 3 is 2.48 bits per heavy atom. The molecule has 0 aliphatic heterocycles. The smallest absolute Gasteiger partial charge is 0.226 e. The molecule has 0 spiro atoms. The number of halogens is 1. The lowest BCUT2D eigenvalue weighted by Gasteiger charge is -2.13. The van der Waals surface area contributed by atoms with E-state index in [0.29, 0.717) is 30.2 Å². The van der Waals surface area contributed by atoms with E-state index in [1.807, 2.05) is 52.0 Å². The summed E-state index contributed by atoms with van der Waals surface area (Å²) in [6.07, 6.45) is 0.824. The molecule has 3 rings (SSSR count). The van der Waals surface area contributed by atoms with Gasteiger partial charge < -0.3 is 10.1 Å². The van der Waals surface area contributed by atoms with Crippen molar-refractivity contribution in [1.82, 2.24) is 15.1 Å². The minimum Gasteiger partial charge on any atom is -0.438 e. The molecule has 0 atom stereocenters. The Morgan fingerprint density at radius 1 is 1.14 bits per heavy atom. The molecule has 0 saturated heterocycles. The Morgan fingerprint density at radius 2 is 1.83 bits per heavy atom. The molecule has 29 heavy (non-hydrogen) atoms. The van der Waals surface area contributed by atoms with Gasteiger partial charge in [0, 0.05) is 18.0 Å². The van der Waals surface area contributed by atoms with Gasteiger partial charge in [-0.1, -0.05) is 18.2 Å². The molecule has 5 nitrogen and oxygen atoms in total. The average molecular weight is 395 g/mol. The first kappa shape index (κ1) is 20.6. The number of rotatable bonds is 7. The number of carbonyl (C=O) groups excluding carboxylic acids is 1. The number of para-hydroxylation sites is 1. The van der Waals surface area contributed by atoms with Gasteiger partial charge in [0.15, 0.2) is 0 Å². The summed E-state index contributed by atoms with van der Waals surface area (Å²) in [6.45, 7) is 7.72. The molecule has 1 N–H and O–H groups in total. The van der Waals surface area contributed by atoms with Gasteiger partial charge >= 0.3 is 0 Å². The second kappa shape index (κ2) is 8.90. The highest BCUT2D eigenvalue weighted by molar-refractivity contribution is 5.76. The van der Waals surface area contributed by atoms with E-state index in [1.54, 1.807) is 16.8 Å². The molecule has 0 unspecified atom stereocenters. The van der Waals surface area contributed by atoms with Gasteiger partial charge in [-0.15, -0.1) is 0 Å². The summed E-state index contributed by atoms with van der Waals surface area (Å²) in [5.74, 6) is 0.921. The maximum Gasteiger partial charge on any atom is 0.226 e. The fourth-order valence-electron chi connectivity index (χ4n) is 3.10. The summed E-state index contributed by atoms with van der Waals surface area (Å²) in [6, 6.07) is 13.9. The third-order valence-electron chi connectivity index (χ3n) is 4.56. The lowest BCUT2D eigenvalue weighted by molar-refractivity contribution is -0.121. The highest BCUT2D eigenvalue weighted by Gasteiger charge is 2.20. The molecule has 1 heterocycles. The van der Waals surface area contributed by atoms with Crippen LogP contribution in [0.25, 0.3) is 5.69 Å². The molecule has 1 amide bonds. The van der Waals surface area contributed by atoms with Crippen LogP contribution < -0.4 is 10.1 Å². The second-order valence-electron chi connectivity index (χ2n) is 7.35. The fourth-order valence-corrected chi connectivity index (χ4v) is 3.10. The van der Waals surface area contributed by atoms with Crippen molar-refractivity contribution in [3.05, 3.63) is 71.2 Å². The van der Waals surface area contributed by atoms with Crippen molar-refractivity contribution < 1.29 is 13.9 Å². The van der Waals surface area contributed by atoms with E-state index < -0.39 is 0 Å². The maximum atomic E-state index is 13.4. The Bertz CT molecular complexity index is 994. The zero-order chi connectivity index (χ0) is 21.0. The second-order valence-corrected chi connectivity index (χ2v) is 7.35. The Balaban J connectivity index is 1.99. The van der Waals surface area contributed by atoms with Crippen LogP contribution in [0.2, 0.25) is 0 Å². The highest BCUT2D eigenvalue weighted by Crippen LogP contribution is 2.32. The molecule has 2 aromatic carbocycles. The quantitative estimate of drug-likeness (QED) is 0.620. The van der Waals surface area contributed by atoms with Crippen LogP contribution in [0, 0.1) is 19.7 Å². The third kappa shape index (κ3) is 5.02. The minimum absolute atomic E-state index is 0.0178. The number of aromatic nitrogens is 2. The van der Waals surface area contributed by atoms with Crippen molar-refractivity contribution in [3.63, 3.8) is 0 Å². The summed E-state index contributed by atoms with van der Waals surface area (Å²) in [5.41, 5.74) is 3.31. The first-order valence-electron chi connectivity index (χ1n) is 9.72. The van der Waals surface area contributed by atoms with E-state index >= 15 is 0 Å². The number of nitrogens with one attached hydrogen (secondary N) is 1. The van der Waals surface area contributed by atoms with Crippen molar-refractivity contribution in [3.8, 4) is 17.3 Å². The average Bonchev–Trinajstić information content (AvgIpc) is 2.97. The predicted octanol–water partition coefficient (Wildman–Crippen LogP) is 4.88. The monoisotopic (exact) mass is 395 g/mol. The predicted molar refractivity (Wildman–Crippen MR) is 111 cm³/mol. The van der Waals surface area contributed by atoms with E-state index in [2.05, 4.69) is 10.4 Å². The van der Waals surface area contributed by atoms with Gasteiger partial charge in [0.1, 0.15) is 11.6 Å². The van der Waals surface area contributed by atoms with Crippen molar-refractivity contribution in [2.45, 2.75) is 46.6 Å². The number of carbonyl (C=O) groups is 1. The van der Waals surface area contributed by atoms with Gasteiger partial charge in [-0.25, -0.2) is 9.07 Å². The van der Waals surface area contributed by atoms with Crippen molar-refractivity contribution in [1.29, 1.82) is 0 Å².